The number of rotatable bonds is 14. The largest absolute Gasteiger partial charge is 0.499 e. The summed E-state index contributed by atoms with van der Waals surface area (Å²) in [6.45, 7) is 1.13. The molecule has 6 fully saturated rings. The normalized spacial score (nSPS) is 33.6. The van der Waals surface area contributed by atoms with Gasteiger partial charge in [0, 0.05) is 24.8 Å². The molecule has 14 nitrogen and oxygen atoms in total. The fourth-order valence-corrected chi connectivity index (χ4v) is 7.89. The molecule has 8 atom stereocenters. The number of benzene rings is 1. The Morgan fingerprint density at radius 2 is 1.83 bits per heavy atom. The van der Waals surface area contributed by atoms with Gasteiger partial charge in [0.15, 0.2) is 11.8 Å². The van der Waals surface area contributed by atoms with E-state index in [0.29, 0.717) is 0 Å². The van der Waals surface area contributed by atoms with Gasteiger partial charge < -0.3 is 44.9 Å². The van der Waals surface area contributed by atoms with E-state index >= 15 is 0 Å². The maximum absolute atomic E-state index is 14.6. The lowest BCUT2D eigenvalue weighted by Crippen LogP contribution is -2.71. The zero-order valence-corrected chi connectivity index (χ0v) is 26.3. The molecule has 3 aliphatic heterocycles. The summed E-state index contributed by atoms with van der Waals surface area (Å²) in [7, 11) is 0. The van der Waals surface area contributed by atoms with Gasteiger partial charge in [0.25, 0.3) is 0 Å². The Hall–Kier alpha value is -3.11. The molecule has 14 heteroatoms. The van der Waals surface area contributed by atoms with Crippen molar-refractivity contribution in [3.8, 4) is 0 Å². The van der Waals surface area contributed by atoms with Crippen LogP contribution in [-0.4, -0.2) is 113 Å². The molecular formula is C33H43N3O11. The van der Waals surface area contributed by atoms with Crippen molar-refractivity contribution >= 4 is 23.9 Å². The van der Waals surface area contributed by atoms with Crippen LogP contribution in [0.4, 0.5) is 0 Å². The number of amides is 2. The number of aliphatic hydroxyl groups excluding tert-OH is 3. The lowest BCUT2D eigenvalue weighted by Gasteiger charge is -2.49. The molecule has 3 heterocycles. The summed E-state index contributed by atoms with van der Waals surface area (Å²) in [6, 6.07) is 4.91. The van der Waals surface area contributed by atoms with Crippen molar-refractivity contribution in [2.45, 2.75) is 94.0 Å². The van der Waals surface area contributed by atoms with E-state index in [1.807, 2.05) is 24.3 Å². The van der Waals surface area contributed by atoms with Gasteiger partial charge in [0.2, 0.25) is 11.8 Å². The molecule has 7 rings (SSSR count). The highest BCUT2D eigenvalue weighted by Gasteiger charge is 2.78. The molecule has 2 amide bonds. The third-order valence-electron chi connectivity index (χ3n) is 10.3. The van der Waals surface area contributed by atoms with Crippen molar-refractivity contribution in [1.82, 2.24) is 15.7 Å². The van der Waals surface area contributed by atoms with Crippen LogP contribution < -0.4 is 10.6 Å². The summed E-state index contributed by atoms with van der Waals surface area (Å²) in [5, 5.41) is 35.5. The van der Waals surface area contributed by atoms with Gasteiger partial charge >= 0.3 is 5.97 Å². The molecule has 3 saturated heterocycles. The van der Waals surface area contributed by atoms with Crippen LogP contribution in [0.2, 0.25) is 0 Å². The van der Waals surface area contributed by atoms with Crippen molar-refractivity contribution in [1.29, 1.82) is 0 Å². The summed E-state index contributed by atoms with van der Waals surface area (Å²) < 4.78 is 25.0. The molecular weight excluding hydrogens is 614 g/mol. The van der Waals surface area contributed by atoms with Gasteiger partial charge in [0.1, 0.15) is 42.5 Å². The van der Waals surface area contributed by atoms with E-state index in [0.717, 1.165) is 36.8 Å². The smallest absolute Gasteiger partial charge is 0.327 e. The first-order valence-electron chi connectivity index (χ1n) is 16.6. The van der Waals surface area contributed by atoms with Crippen molar-refractivity contribution < 1.29 is 53.5 Å². The molecule has 8 unspecified atom stereocenters. The Balaban J connectivity index is 1.25. The van der Waals surface area contributed by atoms with E-state index in [4.69, 9.17) is 28.9 Å². The van der Waals surface area contributed by atoms with E-state index in [9.17, 15) is 24.6 Å². The van der Waals surface area contributed by atoms with Crippen LogP contribution in [0.25, 0.3) is 6.08 Å². The maximum atomic E-state index is 14.6. The Morgan fingerprint density at radius 1 is 1.11 bits per heavy atom. The number of hydrogen-bond acceptors (Lipinski definition) is 12. The van der Waals surface area contributed by atoms with Crippen LogP contribution in [0.3, 0.4) is 0 Å². The Labute approximate surface area is 272 Å². The molecule has 256 valence electrons. The van der Waals surface area contributed by atoms with Crippen molar-refractivity contribution in [3.63, 3.8) is 0 Å². The molecule has 3 aliphatic carbocycles. The zero-order valence-electron chi connectivity index (χ0n) is 26.3. The number of fused-ring (bicyclic) bond motifs is 4. The Morgan fingerprint density at radius 3 is 2.51 bits per heavy atom. The fourth-order valence-electron chi connectivity index (χ4n) is 7.89. The summed E-state index contributed by atoms with van der Waals surface area (Å²) in [5.74, 6) is -2.33. The van der Waals surface area contributed by atoms with E-state index in [1.54, 1.807) is 6.08 Å². The highest BCUT2D eigenvalue weighted by atomic mass is 16.8. The molecule has 2 bridgehead atoms. The van der Waals surface area contributed by atoms with Crippen LogP contribution in [0, 0.1) is 17.3 Å². The molecule has 0 spiro atoms. The van der Waals surface area contributed by atoms with Crippen molar-refractivity contribution in [3.05, 3.63) is 41.7 Å². The number of esters is 1. The first kappa shape index (κ1) is 32.4. The van der Waals surface area contributed by atoms with Gasteiger partial charge in [-0.05, 0) is 49.8 Å². The third-order valence-corrected chi connectivity index (χ3v) is 10.3. The third kappa shape index (κ3) is 5.63. The molecule has 0 aromatic heterocycles. The van der Waals surface area contributed by atoms with Crippen LogP contribution in [0.1, 0.15) is 50.2 Å². The maximum Gasteiger partial charge on any atom is 0.327 e. The zero-order chi connectivity index (χ0) is 32.9. The quantitative estimate of drug-likeness (QED) is 0.101. The van der Waals surface area contributed by atoms with E-state index in [2.05, 4.69) is 10.6 Å². The predicted octanol–water partition coefficient (Wildman–Crippen LogP) is -0.259. The van der Waals surface area contributed by atoms with Gasteiger partial charge in [-0.1, -0.05) is 24.3 Å². The van der Waals surface area contributed by atoms with Gasteiger partial charge in [-0.15, -0.1) is 0 Å². The van der Waals surface area contributed by atoms with Crippen LogP contribution >= 0.6 is 0 Å². The van der Waals surface area contributed by atoms with Crippen LogP contribution in [0.15, 0.2) is 30.5 Å². The topological polar surface area (TPSA) is 185 Å². The highest BCUT2D eigenvalue weighted by molar-refractivity contribution is 5.96. The molecule has 5 N–H and O–H groups in total. The van der Waals surface area contributed by atoms with Crippen molar-refractivity contribution in [2.75, 3.05) is 26.4 Å². The Bertz CT molecular complexity index is 1390. The van der Waals surface area contributed by atoms with Gasteiger partial charge in [-0.25, -0.2) is 0 Å². The van der Waals surface area contributed by atoms with Gasteiger partial charge in [-0.3, -0.25) is 19.2 Å². The summed E-state index contributed by atoms with van der Waals surface area (Å²) in [4.78, 5) is 48.3. The number of nitrogens with zero attached hydrogens (tertiary/aromatic N) is 1. The number of carbonyl (C=O) groups is 3. The number of nitrogens with one attached hydrogen (secondary N) is 2. The van der Waals surface area contributed by atoms with Crippen molar-refractivity contribution in [2.24, 2.45) is 17.3 Å². The van der Waals surface area contributed by atoms with Gasteiger partial charge in [-0.2, -0.15) is 5.06 Å². The first-order chi connectivity index (χ1) is 22.7. The lowest BCUT2D eigenvalue weighted by atomic mass is 9.62. The van der Waals surface area contributed by atoms with Crippen LogP contribution in [-0.2, 0) is 44.7 Å². The van der Waals surface area contributed by atoms with E-state index in [1.165, 1.54) is 18.2 Å². The molecule has 3 saturated carbocycles. The van der Waals surface area contributed by atoms with Crippen LogP contribution in [0.5, 0.6) is 0 Å². The van der Waals surface area contributed by atoms with Gasteiger partial charge in [0.05, 0.1) is 32.1 Å². The average molecular weight is 658 g/mol. The summed E-state index contributed by atoms with van der Waals surface area (Å²) in [5.41, 5.74) is 0.0165. The minimum Gasteiger partial charge on any atom is -0.499 e. The lowest BCUT2D eigenvalue weighted by molar-refractivity contribution is -0.235. The molecule has 47 heavy (non-hydrogen) atoms. The second-order valence-electron chi connectivity index (χ2n) is 13.5. The number of aliphatic hydroxyl groups is 3. The SMILES string of the molecule is CC(O)C(NC(=O)C12CC3OC(=O)C1N(Cc1ccccc1C=COCCO)OC2C1OC(C2CC2)(C2CC2)OC31)C(=O)NCCO. The average Bonchev–Trinajstić information content (AvgIpc) is 4.00. The van der Waals surface area contributed by atoms with E-state index in [-0.39, 0.29) is 51.2 Å². The Kier molecular flexibility index (Phi) is 8.79. The standard InChI is InChI=1S/C33H43N3O11/c1-18(39)24(29(40)34-11-12-37)35-31(42)32-16-23-25-26(46-33(45-25,21-6-7-21)22-8-9-22)28(32)47-36(27(32)30(41)44-23)17-20-5-3-2-4-19(20)10-14-43-15-13-38/h2-5,10,14,18,21-28,37-39H,6-9,11-13,15-17H2,1H3,(H,34,40)(H,35,42). The minimum absolute atomic E-state index is 0.0577. The number of hydrogen-bond donors (Lipinski definition) is 5. The minimum atomic E-state index is -1.53. The predicted molar refractivity (Wildman–Crippen MR) is 161 cm³/mol. The second-order valence-corrected chi connectivity index (χ2v) is 13.5. The molecule has 0 radical (unpaired) electrons. The van der Waals surface area contributed by atoms with E-state index < -0.39 is 71.6 Å². The fraction of sp³-hybridized carbons (Fsp3) is 0.667. The molecule has 6 aliphatic rings. The summed E-state index contributed by atoms with van der Waals surface area (Å²) in [6.07, 6.45) is 2.82. The second kappa shape index (κ2) is 12.7. The summed E-state index contributed by atoms with van der Waals surface area (Å²) >= 11 is 0. The molecule has 1 aromatic rings. The first-order valence-corrected chi connectivity index (χ1v) is 16.6. The monoisotopic (exact) mass is 657 g/mol. The molecule has 1 aromatic carbocycles. The highest BCUT2D eigenvalue weighted by Crippen LogP contribution is 2.63. The number of ether oxygens (including phenoxy) is 4. The number of hydroxylamine groups is 2. The number of carbonyl (C=O) groups excluding carboxylic acids is 3.